The zero-order chi connectivity index (χ0) is 26.5. The lowest BCUT2D eigenvalue weighted by atomic mass is 9.85. The van der Waals surface area contributed by atoms with Crippen LogP contribution in [0.25, 0.3) is 5.57 Å². The smallest absolute Gasteiger partial charge is 0.303 e. The Balaban J connectivity index is 1.84. The number of carboxylic acid groups (broad SMARTS) is 1. The number of sulfonamides is 1. The lowest BCUT2D eigenvalue weighted by molar-refractivity contribution is -0.137. The molecule has 2 aromatic rings. The molecule has 7 nitrogen and oxygen atoms in total. The fourth-order valence-electron chi connectivity index (χ4n) is 5.43. The van der Waals surface area contributed by atoms with E-state index < -0.39 is 21.6 Å². The summed E-state index contributed by atoms with van der Waals surface area (Å²) < 4.78 is 35.6. The molecule has 2 aliphatic rings. The molecule has 0 aromatic heterocycles. The predicted octanol–water partition coefficient (Wildman–Crippen LogP) is 5.23. The Bertz CT molecular complexity index is 1310. The minimum absolute atomic E-state index is 0.0300. The number of ether oxygens (including phenoxy) is 1. The molecule has 0 bridgehead atoms. The monoisotopic (exact) mass is 512 g/mol. The topological polar surface area (TPSA) is 87.2 Å². The summed E-state index contributed by atoms with van der Waals surface area (Å²) in [6.45, 7) is 10.2. The van der Waals surface area contributed by atoms with Crippen molar-refractivity contribution in [3.05, 3.63) is 59.7 Å². The Kier molecular flexibility index (Phi) is 6.73. The highest BCUT2D eigenvalue weighted by atomic mass is 32.2. The summed E-state index contributed by atoms with van der Waals surface area (Å²) in [6.07, 6.45) is 3.13. The molecule has 0 fully saturated rings. The van der Waals surface area contributed by atoms with Gasteiger partial charge in [0.1, 0.15) is 0 Å². The Morgan fingerprint density at radius 3 is 2.47 bits per heavy atom. The van der Waals surface area contributed by atoms with Crippen molar-refractivity contribution in [1.29, 1.82) is 0 Å². The maximum absolute atomic E-state index is 13.9. The number of nitrogens with zero attached hydrogens (tertiary/aromatic N) is 2. The number of hydrogen-bond acceptors (Lipinski definition) is 5. The van der Waals surface area contributed by atoms with Gasteiger partial charge in [0.05, 0.1) is 34.0 Å². The highest BCUT2D eigenvalue weighted by molar-refractivity contribution is 7.92. The van der Waals surface area contributed by atoms with Gasteiger partial charge in [-0.05, 0) is 88.1 Å². The molecule has 1 atom stereocenters. The number of carboxylic acids is 1. The first-order chi connectivity index (χ1) is 16.7. The first-order valence-corrected chi connectivity index (χ1v) is 13.7. The van der Waals surface area contributed by atoms with Crippen LogP contribution in [0.3, 0.4) is 0 Å². The van der Waals surface area contributed by atoms with Crippen LogP contribution < -0.4 is 9.21 Å². The van der Waals surface area contributed by atoms with Gasteiger partial charge in [0.25, 0.3) is 10.0 Å². The first-order valence-electron chi connectivity index (χ1n) is 12.3. The van der Waals surface area contributed by atoms with Crippen LogP contribution >= 0.6 is 0 Å². The summed E-state index contributed by atoms with van der Waals surface area (Å²) in [6, 6.07) is 12.6. The highest BCUT2D eigenvalue weighted by Crippen LogP contribution is 2.44. The number of carbonyl (C=O) groups is 1. The van der Waals surface area contributed by atoms with E-state index in [2.05, 4.69) is 19.9 Å². The van der Waals surface area contributed by atoms with E-state index in [9.17, 15) is 18.3 Å². The first kappa shape index (κ1) is 26.2. The molecule has 2 aromatic carbocycles. The lowest BCUT2D eigenvalue weighted by Crippen LogP contribution is -2.49. The Hall–Kier alpha value is -2.84. The van der Waals surface area contributed by atoms with Crippen LogP contribution in [0.15, 0.2) is 53.4 Å². The third-order valence-corrected chi connectivity index (χ3v) is 8.64. The van der Waals surface area contributed by atoms with Gasteiger partial charge in [0.15, 0.2) is 0 Å². The maximum atomic E-state index is 13.9. The van der Waals surface area contributed by atoms with Crippen LogP contribution in [0, 0.1) is 6.92 Å². The number of anilines is 2. The number of fused-ring (bicyclic) bond motifs is 1. The second-order valence-corrected chi connectivity index (χ2v) is 12.9. The molecule has 8 heteroatoms. The minimum Gasteiger partial charge on any atom is -0.481 e. The molecule has 0 unspecified atom stereocenters. The van der Waals surface area contributed by atoms with Crippen molar-refractivity contribution in [2.24, 2.45) is 0 Å². The molecular weight excluding hydrogens is 476 g/mol. The van der Waals surface area contributed by atoms with E-state index in [1.165, 1.54) is 4.31 Å². The zero-order valence-electron chi connectivity index (χ0n) is 21.9. The molecule has 2 heterocycles. The van der Waals surface area contributed by atoms with Gasteiger partial charge < -0.3 is 14.7 Å². The molecule has 36 heavy (non-hydrogen) atoms. The van der Waals surface area contributed by atoms with E-state index in [-0.39, 0.29) is 29.5 Å². The van der Waals surface area contributed by atoms with Gasteiger partial charge >= 0.3 is 5.97 Å². The molecule has 0 aliphatic carbocycles. The molecule has 2 aliphatic heterocycles. The van der Waals surface area contributed by atoms with Gasteiger partial charge in [-0.2, -0.15) is 0 Å². The van der Waals surface area contributed by atoms with Gasteiger partial charge in [-0.15, -0.1) is 0 Å². The van der Waals surface area contributed by atoms with Gasteiger partial charge in [-0.25, -0.2) is 8.42 Å². The van der Waals surface area contributed by atoms with E-state index >= 15 is 0 Å². The van der Waals surface area contributed by atoms with Crippen molar-refractivity contribution in [2.45, 2.75) is 76.0 Å². The van der Waals surface area contributed by atoms with Crippen molar-refractivity contribution >= 4 is 32.9 Å². The van der Waals surface area contributed by atoms with Crippen molar-refractivity contribution < 1.29 is 23.1 Å². The molecule has 0 saturated carbocycles. The van der Waals surface area contributed by atoms with Crippen LogP contribution in [0.2, 0.25) is 0 Å². The minimum atomic E-state index is -3.87. The third-order valence-electron chi connectivity index (χ3n) is 6.87. The largest absolute Gasteiger partial charge is 0.481 e. The number of rotatable bonds is 6. The van der Waals surface area contributed by atoms with Crippen molar-refractivity contribution in [3.8, 4) is 0 Å². The Morgan fingerprint density at radius 2 is 1.83 bits per heavy atom. The van der Waals surface area contributed by atoms with E-state index in [0.29, 0.717) is 18.5 Å². The predicted molar refractivity (Wildman–Crippen MR) is 143 cm³/mol. The number of likely N-dealkylation sites (N-methyl/N-ethyl adjacent to an activating group) is 1. The van der Waals surface area contributed by atoms with Crippen molar-refractivity contribution in [2.75, 3.05) is 22.8 Å². The summed E-state index contributed by atoms with van der Waals surface area (Å²) in [5.41, 5.74) is 3.50. The molecule has 0 spiro atoms. The van der Waals surface area contributed by atoms with Crippen LogP contribution in [-0.4, -0.2) is 50.3 Å². The standard InChI is InChI=1S/C28H36N2O5S/c1-19-8-7-9-23(14-19)36(33,34)30-18-22(11-13-26(31)32)29(6)24-12-10-20(15-25(24)30)21-16-27(2,3)35-28(4,5)17-21/h7-10,12,14-16,22H,11,13,17-18H2,1-6H3,(H,31,32)/t22-/m0/s1. The maximum Gasteiger partial charge on any atom is 0.303 e. The Labute approximate surface area is 214 Å². The molecule has 4 rings (SSSR count). The van der Waals surface area contributed by atoms with Crippen LogP contribution in [-0.2, 0) is 19.6 Å². The van der Waals surface area contributed by atoms with Crippen molar-refractivity contribution in [3.63, 3.8) is 0 Å². The van der Waals surface area contributed by atoms with Gasteiger partial charge in [-0.1, -0.05) is 18.2 Å². The van der Waals surface area contributed by atoms with Gasteiger partial charge in [0.2, 0.25) is 0 Å². The van der Waals surface area contributed by atoms with E-state index in [4.69, 9.17) is 4.74 Å². The number of benzene rings is 2. The van der Waals surface area contributed by atoms with Gasteiger partial charge in [0, 0.05) is 25.9 Å². The SMILES string of the molecule is Cc1cccc(S(=O)(=O)N2C[C@H](CCC(=O)O)N(C)c3ccc(C4=CC(C)(C)OC(C)(C)C4)cc32)c1. The average molecular weight is 513 g/mol. The van der Waals surface area contributed by atoms with E-state index in [0.717, 1.165) is 22.4 Å². The van der Waals surface area contributed by atoms with Gasteiger partial charge in [-0.3, -0.25) is 9.10 Å². The molecule has 0 radical (unpaired) electrons. The fourth-order valence-corrected chi connectivity index (χ4v) is 7.04. The number of aryl methyl sites for hydroxylation is 1. The second kappa shape index (κ2) is 9.23. The quantitative estimate of drug-likeness (QED) is 0.570. The van der Waals surface area contributed by atoms with E-state index in [1.807, 2.05) is 57.0 Å². The molecule has 1 N–H and O–H groups in total. The normalized spacial score (nSPS) is 21.1. The summed E-state index contributed by atoms with van der Waals surface area (Å²) in [7, 11) is -1.97. The highest BCUT2D eigenvalue weighted by Gasteiger charge is 2.38. The van der Waals surface area contributed by atoms with Crippen molar-refractivity contribution in [1.82, 2.24) is 0 Å². The number of aliphatic carboxylic acids is 1. The summed E-state index contributed by atoms with van der Waals surface area (Å²) in [5, 5.41) is 9.26. The number of hydrogen-bond donors (Lipinski definition) is 1. The van der Waals surface area contributed by atoms with Crippen LogP contribution in [0.4, 0.5) is 11.4 Å². The van der Waals surface area contributed by atoms with Crippen LogP contribution in [0.5, 0.6) is 0 Å². The third kappa shape index (κ3) is 5.30. The fraction of sp³-hybridized carbons (Fsp3) is 0.464. The van der Waals surface area contributed by atoms with Crippen LogP contribution in [0.1, 0.15) is 58.1 Å². The van der Waals surface area contributed by atoms with E-state index in [1.54, 1.807) is 18.2 Å². The molecule has 194 valence electrons. The lowest BCUT2D eigenvalue weighted by Gasteiger charge is -2.43. The summed E-state index contributed by atoms with van der Waals surface area (Å²) in [5.74, 6) is -0.894. The second-order valence-electron chi connectivity index (χ2n) is 11.1. The molecular formula is C28H36N2O5S. The summed E-state index contributed by atoms with van der Waals surface area (Å²) in [4.78, 5) is 13.5. The average Bonchev–Trinajstić information content (AvgIpc) is 2.76. The summed E-state index contributed by atoms with van der Waals surface area (Å²) >= 11 is 0. The molecule has 0 amide bonds. The molecule has 0 saturated heterocycles. The Morgan fingerprint density at radius 1 is 1.11 bits per heavy atom. The zero-order valence-corrected chi connectivity index (χ0v) is 22.7.